The minimum Gasteiger partial charge on any atom is -0.321 e. The third kappa shape index (κ3) is 6.28. The summed E-state index contributed by atoms with van der Waals surface area (Å²) in [6, 6.07) is 2.41. The summed E-state index contributed by atoms with van der Waals surface area (Å²) < 4.78 is 134. The smallest absolute Gasteiger partial charge is 0.321 e. The van der Waals surface area contributed by atoms with Gasteiger partial charge in [0, 0.05) is 17.5 Å². The Hall–Kier alpha value is -4.17. The number of rotatable bonds is 8. The van der Waals surface area contributed by atoms with Gasteiger partial charge in [-0.2, -0.15) is 39.5 Å². The molecular formula is C17H13N4O16S4+. The first-order valence-electron chi connectivity index (χ1n) is 9.81. The zero-order valence-electron chi connectivity index (χ0n) is 19.3. The minimum atomic E-state index is -5.78. The van der Waals surface area contributed by atoms with Crippen molar-refractivity contribution in [1.29, 1.82) is 0 Å². The quantitative estimate of drug-likeness (QED) is 0.0622. The molecule has 3 aromatic carbocycles. The third-order valence-corrected chi connectivity index (χ3v) is 8.61. The molecule has 0 aromatic heterocycles. The highest BCUT2D eigenvalue weighted by atomic mass is 32.2. The zero-order chi connectivity index (χ0) is 31.5. The number of nitrogens with zero attached hydrogens (tertiary/aromatic N) is 2. The Bertz CT molecular complexity index is 2140. The van der Waals surface area contributed by atoms with Gasteiger partial charge in [0.15, 0.2) is 14.7 Å². The number of benzene rings is 3. The summed E-state index contributed by atoms with van der Waals surface area (Å²) in [5.41, 5.74) is -4.66. The van der Waals surface area contributed by atoms with Crippen molar-refractivity contribution < 1.29 is 66.5 Å². The molecule has 0 fully saturated rings. The number of nitroso groups, excluding NO2 is 1. The summed E-state index contributed by atoms with van der Waals surface area (Å²) in [6.45, 7) is 0. The molecule has 3 aromatic rings. The van der Waals surface area contributed by atoms with Crippen LogP contribution in [0.15, 0.2) is 56.0 Å². The lowest BCUT2D eigenvalue weighted by Crippen LogP contribution is -2.20. The number of hydrogen-bond donors (Lipinski definition) is 6. The van der Waals surface area contributed by atoms with Crippen LogP contribution in [0, 0.1) is 15.0 Å². The molecule has 0 aliphatic rings. The molecule has 7 N–H and O–H groups in total. The van der Waals surface area contributed by atoms with Crippen molar-refractivity contribution in [1.82, 2.24) is 0 Å². The van der Waals surface area contributed by atoms with Gasteiger partial charge in [-0.1, -0.05) is 0 Å². The number of nitrogens with two attached hydrogens (primary N) is 1. The number of anilines is 1. The van der Waals surface area contributed by atoms with Gasteiger partial charge in [0.05, 0.1) is 26.0 Å². The van der Waals surface area contributed by atoms with Crippen molar-refractivity contribution in [3.8, 4) is 0 Å². The van der Waals surface area contributed by atoms with Crippen molar-refractivity contribution in [2.75, 3.05) is 5.32 Å². The summed E-state index contributed by atoms with van der Waals surface area (Å²) in [7, 11) is -22.0. The van der Waals surface area contributed by atoms with E-state index in [1.807, 2.05) is 0 Å². The molecule has 220 valence electrons. The lowest BCUT2D eigenvalue weighted by molar-refractivity contribution is -0.479. The van der Waals surface area contributed by atoms with E-state index in [9.17, 15) is 71.7 Å². The second-order valence-electron chi connectivity index (χ2n) is 7.74. The Morgan fingerprint density at radius 2 is 1.34 bits per heavy atom. The third-order valence-electron chi connectivity index (χ3n) is 5.11. The van der Waals surface area contributed by atoms with Crippen LogP contribution in [0.1, 0.15) is 10.4 Å². The number of amides is 1. The Morgan fingerprint density at radius 1 is 0.780 bits per heavy atom. The topological polar surface area (TPSA) is 336 Å². The summed E-state index contributed by atoms with van der Waals surface area (Å²) in [4.78, 5) is 28.3. The standard InChI is InChI=1S/C17H12N4O16S4/c18-20(23)15-13(40(32,33)34)4-7-3-9(38(26,27)28)6-11(14(7)16(15)41(35,36)37)19-17(22)10-2-1-8(21(24)25)5-12(10)39(29,30)31/h1-6H,(H6-,18,19,22,23,26,27,28,29,30,31,32,33,34,35,36,37)/p+1. The fourth-order valence-corrected chi connectivity index (χ4v) is 6.52. The molecule has 0 bridgehead atoms. The SMILES string of the molecule is N[N+](=O)c1c(S(=O)(=O)O)cc2cc(S(=O)(=O)O)cc(NC(=O)c3ccc([N+](=O)[O-])cc3S(=O)(=O)O)c2c1S(=O)(=O)O. The van der Waals surface area contributed by atoms with Gasteiger partial charge in [0.25, 0.3) is 31.8 Å². The summed E-state index contributed by atoms with van der Waals surface area (Å²) in [5.74, 6) is 3.36. The zero-order valence-corrected chi connectivity index (χ0v) is 22.5. The molecule has 24 heteroatoms. The molecule has 0 saturated carbocycles. The Labute approximate surface area is 228 Å². The number of nitrogens with one attached hydrogen (secondary N) is 1. The second-order valence-corrected chi connectivity index (χ2v) is 13.3. The number of carbonyl (C=O) groups excluding carboxylic acids is 1. The highest BCUT2D eigenvalue weighted by Gasteiger charge is 2.39. The van der Waals surface area contributed by atoms with Gasteiger partial charge in [-0.3, -0.25) is 33.1 Å². The highest BCUT2D eigenvalue weighted by Crippen LogP contribution is 2.42. The van der Waals surface area contributed by atoms with E-state index < -0.39 is 109 Å². The molecular weight excluding hydrogens is 644 g/mol. The van der Waals surface area contributed by atoms with Gasteiger partial charge >= 0.3 is 25.9 Å². The fourth-order valence-electron chi connectivity index (χ4n) is 3.56. The van der Waals surface area contributed by atoms with Crippen molar-refractivity contribution in [2.24, 2.45) is 5.84 Å². The predicted octanol–water partition coefficient (Wildman–Crippen LogP) is 0.271. The molecule has 0 spiro atoms. The van der Waals surface area contributed by atoms with E-state index in [0.717, 1.165) is 0 Å². The van der Waals surface area contributed by atoms with Crippen LogP contribution in [-0.4, -0.2) is 67.6 Å². The van der Waals surface area contributed by atoms with Crippen LogP contribution < -0.4 is 11.2 Å². The average Bonchev–Trinajstić information content (AvgIpc) is 2.79. The van der Waals surface area contributed by atoms with Gasteiger partial charge < -0.3 is 5.32 Å². The lowest BCUT2D eigenvalue weighted by Gasteiger charge is -2.15. The number of non-ortho nitro benzene ring substituents is 1. The number of carbonyl (C=O) groups is 1. The number of hydrogen-bond acceptors (Lipinski definition) is 12. The van der Waals surface area contributed by atoms with Crippen LogP contribution in [0.3, 0.4) is 0 Å². The molecule has 0 aliphatic carbocycles. The van der Waals surface area contributed by atoms with Crippen LogP contribution in [-0.2, 0) is 40.5 Å². The second kappa shape index (κ2) is 10.0. The number of nitro benzene ring substituents is 1. The lowest BCUT2D eigenvalue weighted by atomic mass is 10.1. The number of nitro groups is 1. The van der Waals surface area contributed by atoms with Crippen LogP contribution in [0.4, 0.5) is 17.1 Å². The van der Waals surface area contributed by atoms with E-state index in [2.05, 4.69) is 0 Å². The van der Waals surface area contributed by atoms with Crippen molar-refractivity contribution in [2.45, 2.75) is 19.6 Å². The number of hydrazine groups is 1. The fraction of sp³-hybridized carbons (Fsp3) is 0. The normalized spacial score (nSPS) is 12.7. The first-order valence-corrected chi connectivity index (χ1v) is 15.6. The van der Waals surface area contributed by atoms with Crippen LogP contribution >= 0.6 is 0 Å². The van der Waals surface area contributed by atoms with Crippen LogP contribution in [0.25, 0.3) is 10.8 Å². The Balaban J connectivity index is 2.54. The molecule has 20 nitrogen and oxygen atoms in total. The Kier molecular flexibility index (Phi) is 7.67. The Morgan fingerprint density at radius 3 is 1.78 bits per heavy atom. The molecule has 0 unspecified atom stereocenters. The number of fused-ring (bicyclic) bond motifs is 1. The molecule has 0 aliphatic heterocycles. The molecule has 1 amide bonds. The molecule has 3 rings (SSSR count). The highest BCUT2D eigenvalue weighted by molar-refractivity contribution is 7.87. The van der Waals surface area contributed by atoms with Gasteiger partial charge in [-0.05, 0) is 29.7 Å². The van der Waals surface area contributed by atoms with E-state index in [4.69, 9.17) is 5.84 Å². The van der Waals surface area contributed by atoms with Gasteiger partial charge in [0.1, 0.15) is 4.90 Å². The molecule has 0 atom stereocenters. The van der Waals surface area contributed by atoms with E-state index in [1.54, 1.807) is 5.32 Å². The monoisotopic (exact) mass is 657 g/mol. The minimum absolute atomic E-state index is 0.265. The molecule has 0 radical (unpaired) electrons. The van der Waals surface area contributed by atoms with Gasteiger partial charge in [-0.15, -0.1) is 0 Å². The predicted molar refractivity (Wildman–Crippen MR) is 132 cm³/mol. The molecule has 41 heavy (non-hydrogen) atoms. The summed E-state index contributed by atoms with van der Waals surface area (Å²) in [6.07, 6.45) is 0. The van der Waals surface area contributed by atoms with E-state index in [1.165, 1.54) is 0 Å². The van der Waals surface area contributed by atoms with Gasteiger partial charge in [0.2, 0.25) is 0 Å². The summed E-state index contributed by atoms with van der Waals surface area (Å²) >= 11 is 0. The molecule has 0 heterocycles. The van der Waals surface area contributed by atoms with E-state index in [-0.39, 0.29) is 12.1 Å². The van der Waals surface area contributed by atoms with Crippen molar-refractivity contribution >= 4 is 74.2 Å². The van der Waals surface area contributed by atoms with Gasteiger partial charge in [-0.25, -0.2) is 0 Å². The van der Waals surface area contributed by atoms with Crippen molar-refractivity contribution in [3.05, 3.63) is 57.0 Å². The maximum Gasteiger partial charge on any atom is 0.334 e. The van der Waals surface area contributed by atoms with Crippen LogP contribution in [0.2, 0.25) is 0 Å². The largest absolute Gasteiger partial charge is 0.334 e. The maximum absolute atomic E-state index is 13.1. The van der Waals surface area contributed by atoms with E-state index >= 15 is 0 Å². The molecule has 0 saturated heterocycles. The first kappa shape index (κ1) is 31.4. The first-order chi connectivity index (χ1) is 18.4. The average molecular weight is 658 g/mol. The van der Waals surface area contributed by atoms with Crippen LogP contribution in [0.5, 0.6) is 0 Å². The maximum atomic E-state index is 13.1. The summed E-state index contributed by atoms with van der Waals surface area (Å²) in [5, 5.41) is 10.9. The van der Waals surface area contributed by atoms with E-state index in [0.29, 0.717) is 24.3 Å². The van der Waals surface area contributed by atoms with Crippen molar-refractivity contribution in [3.63, 3.8) is 0 Å².